The number of carbonyl (C=O) groups is 1. The third-order valence-corrected chi connectivity index (χ3v) is 6.33. The second kappa shape index (κ2) is 11.5. The topological polar surface area (TPSA) is 103 Å². The first-order valence-corrected chi connectivity index (χ1v) is 12.1. The fourth-order valence-electron chi connectivity index (χ4n) is 3.60. The Morgan fingerprint density at radius 3 is 2.36 bits per heavy atom. The normalized spacial score (nSPS) is 10.6. The number of nitrogens with zero attached hydrogens (tertiary/aromatic N) is 2. The molecule has 1 amide bonds. The van der Waals surface area contributed by atoms with Crippen LogP contribution in [0.5, 0.6) is 17.4 Å². The molecule has 0 radical (unpaired) electrons. The molecule has 2 N–H and O–H groups in total. The van der Waals surface area contributed by atoms with Crippen molar-refractivity contribution in [2.24, 2.45) is 0 Å². The maximum Gasteiger partial charge on any atom is 0.266 e. The van der Waals surface area contributed by atoms with Gasteiger partial charge in [0.25, 0.3) is 5.56 Å². The Labute approximate surface area is 212 Å². The van der Waals surface area contributed by atoms with Crippen molar-refractivity contribution in [2.45, 2.75) is 11.6 Å². The third kappa shape index (κ3) is 5.69. The monoisotopic (exact) mass is 503 g/mol. The Morgan fingerprint density at radius 1 is 0.972 bits per heavy atom. The van der Waals surface area contributed by atoms with Crippen molar-refractivity contribution in [1.29, 1.82) is 0 Å². The molecule has 1 aromatic heterocycles. The van der Waals surface area contributed by atoms with E-state index in [0.717, 1.165) is 17.3 Å². The summed E-state index contributed by atoms with van der Waals surface area (Å²) in [5.74, 6) is 0.451. The van der Waals surface area contributed by atoms with Crippen molar-refractivity contribution < 1.29 is 19.4 Å². The van der Waals surface area contributed by atoms with E-state index in [-0.39, 0.29) is 34.7 Å². The molecular weight excluding hydrogens is 478 g/mol. The summed E-state index contributed by atoms with van der Waals surface area (Å²) in [6, 6.07) is 23.4. The quantitative estimate of drug-likeness (QED) is 0.260. The third-order valence-electron chi connectivity index (χ3n) is 5.39. The van der Waals surface area contributed by atoms with Crippen LogP contribution in [0.25, 0.3) is 5.69 Å². The summed E-state index contributed by atoms with van der Waals surface area (Å²) in [5, 5.41) is 13.7. The minimum atomic E-state index is -0.413. The summed E-state index contributed by atoms with van der Waals surface area (Å²) in [5.41, 5.74) is 1.69. The molecule has 0 aliphatic rings. The van der Waals surface area contributed by atoms with Gasteiger partial charge in [0.1, 0.15) is 11.5 Å². The largest absolute Gasteiger partial charge is 0.497 e. The zero-order valence-corrected chi connectivity index (χ0v) is 20.6. The van der Waals surface area contributed by atoms with E-state index in [1.807, 2.05) is 30.3 Å². The van der Waals surface area contributed by atoms with E-state index in [4.69, 9.17) is 9.47 Å². The molecule has 0 saturated carbocycles. The van der Waals surface area contributed by atoms with Crippen LogP contribution >= 0.6 is 11.8 Å². The van der Waals surface area contributed by atoms with Gasteiger partial charge in [-0.15, -0.1) is 0 Å². The smallest absolute Gasteiger partial charge is 0.266 e. The molecule has 0 saturated heterocycles. The molecule has 0 bridgehead atoms. The average molecular weight is 504 g/mol. The Balaban J connectivity index is 1.66. The molecule has 184 valence electrons. The van der Waals surface area contributed by atoms with E-state index in [2.05, 4.69) is 10.3 Å². The van der Waals surface area contributed by atoms with Crippen molar-refractivity contribution >= 4 is 23.4 Å². The molecule has 3 aromatic carbocycles. The van der Waals surface area contributed by atoms with Gasteiger partial charge in [0.05, 0.1) is 36.9 Å². The molecule has 0 fully saturated rings. The van der Waals surface area contributed by atoms with Crippen LogP contribution in [-0.2, 0) is 11.2 Å². The molecular formula is C27H25N3O5S. The zero-order valence-electron chi connectivity index (χ0n) is 19.8. The van der Waals surface area contributed by atoms with Crippen molar-refractivity contribution in [3.63, 3.8) is 0 Å². The second-order valence-electron chi connectivity index (χ2n) is 7.73. The highest BCUT2D eigenvalue weighted by Gasteiger charge is 2.20. The number of carbonyl (C=O) groups excluding carboxylic acids is 1. The van der Waals surface area contributed by atoms with Crippen LogP contribution in [0.4, 0.5) is 5.69 Å². The summed E-state index contributed by atoms with van der Waals surface area (Å²) in [4.78, 5) is 30.6. The summed E-state index contributed by atoms with van der Waals surface area (Å²) in [6.45, 7) is 0. The SMILES string of the molecule is COc1ccc(-n2c(SCC(=O)Nc3ccccc3OC)nc(O)c(Cc3ccccc3)c2=O)cc1. The molecule has 0 aliphatic carbocycles. The van der Waals surface area contributed by atoms with E-state index in [1.54, 1.807) is 55.6 Å². The second-order valence-corrected chi connectivity index (χ2v) is 8.68. The number of anilines is 1. The first-order chi connectivity index (χ1) is 17.5. The molecule has 4 rings (SSSR count). The minimum Gasteiger partial charge on any atom is -0.497 e. The number of amides is 1. The minimum absolute atomic E-state index is 0.0435. The number of methoxy groups -OCH3 is 2. The molecule has 9 heteroatoms. The van der Waals surface area contributed by atoms with Gasteiger partial charge in [0.2, 0.25) is 11.8 Å². The first-order valence-electron chi connectivity index (χ1n) is 11.1. The molecule has 0 atom stereocenters. The fourth-order valence-corrected chi connectivity index (χ4v) is 4.40. The molecule has 4 aromatic rings. The van der Waals surface area contributed by atoms with E-state index in [9.17, 15) is 14.7 Å². The van der Waals surface area contributed by atoms with Crippen molar-refractivity contribution in [3.8, 4) is 23.1 Å². The highest BCUT2D eigenvalue weighted by atomic mass is 32.2. The van der Waals surface area contributed by atoms with Gasteiger partial charge >= 0.3 is 0 Å². The van der Waals surface area contributed by atoms with E-state index >= 15 is 0 Å². The molecule has 8 nitrogen and oxygen atoms in total. The fraction of sp³-hybridized carbons (Fsp3) is 0.148. The van der Waals surface area contributed by atoms with E-state index in [1.165, 1.54) is 11.7 Å². The lowest BCUT2D eigenvalue weighted by molar-refractivity contribution is -0.113. The van der Waals surface area contributed by atoms with Gasteiger partial charge in [-0.25, -0.2) is 0 Å². The van der Waals surface area contributed by atoms with Gasteiger partial charge in [-0.3, -0.25) is 14.2 Å². The average Bonchev–Trinajstić information content (AvgIpc) is 2.91. The number of thioether (sulfide) groups is 1. The number of aromatic nitrogens is 2. The van der Waals surface area contributed by atoms with E-state index < -0.39 is 5.56 Å². The molecule has 0 unspecified atom stereocenters. The zero-order chi connectivity index (χ0) is 25.5. The predicted molar refractivity (Wildman–Crippen MR) is 140 cm³/mol. The number of benzene rings is 3. The maximum absolute atomic E-state index is 13.6. The van der Waals surface area contributed by atoms with Gasteiger partial charge in [-0.1, -0.05) is 54.2 Å². The highest BCUT2D eigenvalue weighted by molar-refractivity contribution is 7.99. The lowest BCUT2D eigenvalue weighted by Gasteiger charge is -2.15. The number of aromatic hydroxyl groups is 1. The Kier molecular flexibility index (Phi) is 7.92. The summed E-state index contributed by atoms with van der Waals surface area (Å²) in [7, 11) is 3.08. The first kappa shape index (κ1) is 24.9. The van der Waals surface area contributed by atoms with Gasteiger partial charge in [0.15, 0.2) is 5.16 Å². The van der Waals surface area contributed by atoms with Crippen LogP contribution < -0.4 is 20.3 Å². The van der Waals surface area contributed by atoms with Crippen LogP contribution in [0.3, 0.4) is 0 Å². The number of ether oxygens (including phenoxy) is 2. The van der Waals surface area contributed by atoms with Crippen molar-refractivity contribution in [2.75, 3.05) is 25.3 Å². The number of hydrogen-bond acceptors (Lipinski definition) is 7. The van der Waals surface area contributed by atoms with Crippen LogP contribution in [0.2, 0.25) is 0 Å². The van der Waals surface area contributed by atoms with Gasteiger partial charge in [0, 0.05) is 6.42 Å². The highest BCUT2D eigenvalue weighted by Crippen LogP contribution is 2.27. The van der Waals surface area contributed by atoms with Crippen LogP contribution in [0, 0.1) is 0 Å². The standard InChI is InChI=1S/C27H25N3O5S/c1-34-20-14-12-19(13-15-20)30-26(33)21(16-18-8-4-3-5-9-18)25(32)29-27(30)36-17-24(31)28-22-10-6-7-11-23(22)35-2/h3-15,32H,16-17H2,1-2H3,(H,28,31). The number of para-hydroxylation sites is 2. The van der Waals surface area contributed by atoms with Gasteiger partial charge in [-0.2, -0.15) is 4.98 Å². The summed E-state index contributed by atoms with van der Waals surface area (Å²) in [6.07, 6.45) is 0.216. The van der Waals surface area contributed by atoms with Crippen molar-refractivity contribution in [1.82, 2.24) is 9.55 Å². The molecule has 0 aliphatic heterocycles. The van der Waals surface area contributed by atoms with E-state index in [0.29, 0.717) is 22.9 Å². The number of rotatable bonds is 9. The number of nitrogens with one attached hydrogen (secondary N) is 1. The Morgan fingerprint density at radius 2 is 1.67 bits per heavy atom. The van der Waals surface area contributed by atoms with Crippen LogP contribution in [0.1, 0.15) is 11.1 Å². The lowest BCUT2D eigenvalue weighted by Crippen LogP contribution is -2.26. The Hall–Kier alpha value is -4.24. The molecule has 36 heavy (non-hydrogen) atoms. The number of hydrogen-bond donors (Lipinski definition) is 2. The van der Waals surface area contributed by atoms with Crippen LogP contribution in [-0.4, -0.2) is 40.5 Å². The summed E-state index contributed by atoms with van der Waals surface area (Å²) >= 11 is 1.04. The van der Waals surface area contributed by atoms with Crippen LogP contribution in [0.15, 0.2) is 88.8 Å². The lowest BCUT2D eigenvalue weighted by atomic mass is 10.1. The van der Waals surface area contributed by atoms with Crippen molar-refractivity contribution in [3.05, 3.63) is 100 Å². The summed E-state index contributed by atoms with van der Waals surface area (Å²) < 4.78 is 11.9. The maximum atomic E-state index is 13.6. The molecule has 1 heterocycles. The van der Waals surface area contributed by atoms with Gasteiger partial charge < -0.3 is 19.9 Å². The molecule has 0 spiro atoms. The Bertz CT molecular complexity index is 1410. The predicted octanol–water partition coefficient (Wildman–Crippen LogP) is 4.28. The van der Waals surface area contributed by atoms with Gasteiger partial charge in [-0.05, 0) is 42.0 Å².